The summed E-state index contributed by atoms with van der Waals surface area (Å²) in [5, 5.41) is 18.7. The number of anilines is 1. The van der Waals surface area contributed by atoms with Gasteiger partial charge in [0.2, 0.25) is 0 Å². The van der Waals surface area contributed by atoms with Gasteiger partial charge in [0.25, 0.3) is 0 Å². The predicted octanol–water partition coefficient (Wildman–Crippen LogP) is 1.73. The van der Waals surface area contributed by atoms with Crippen molar-refractivity contribution in [1.82, 2.24) is 4.98 Å². The first kappa shape index (κ1) is 13.9. The maximum absolute atomic E-state index is 9.74. The third-order valence-corrected chi connectivity index (χ3v) is 2.72. The smallest absolute Gasteiger partial charge is 0.134 e. The van der Waals surface area contributed by atoms with Crippen LogP contribution in [0.25, 0.3) is 0 Å². The van der Waals surface area contributed by atoms with Gasteiger partial charge < -0.3 is 15.1 Å². The van der Waals surface area contributed by atoms with E-state index in [0.29, 0.717) is 6.42 Å². The van der Waals surface area contributed by atoms with Crippen LogP contribution in [0.4, 0.5) is 5.82 Å². The first-order chi connectivity index (χ1) is 8.07. The molecule has 96 valence electrons. The Kier molecular flexibility index (Phi) is 5.38. The molecule has 0 saturated carbocycles. The zero-order chi connectivity index (χ0) is 12.8. The Morgan fingerprint density at radius 3 is 2.59 bits per heavy atom. The van der Waals surface area contributed by atoms with E-state index < -0.39 is 6.10 Å². The van der Waals surface area contributed by atoms with Gasteiger partial charge in [0.1, 0.15) is 5.82 Å². The maximum atomic E-state index is 9.74. The number of pyridine rings is 1. The van der Waals surface area contributed by atoms with Crippen LogP contribution in [0, 0.1) is 0 Å². The van der Waals surface area contributed by atoms with Crippen LogP contribution >= 0.6 is 0 Å². The fraction of sp³-hybridized carbons (Fsp3) is 0.615. The molecule has 1 aromatic rings. The third-order valence-electron chi connectivity index (χ3n) is 2.72. The second kappa shape index (κ2) is 6.57. The molecule has 1 heterocycles. The van der Waals surface area contributed by atoms with Gasteiger partial charge in [0, 0.05) is 31.0 Å². The van der Waals surface area contributed by atoms with Crippen LogP contribution in [0.2, 0.25) is 0 Å². The minimum absolute atomic E-state index is 0.167. The van der Waals surface area contributed by atoms with E-state index >= 15 is 0 Å². The molecule has 4 nitrogen and oxygen atoms in total. The summed E-state index contributed by atoms with van der Waals surface area (Å²) in [4.78, 5) is 6.47. The number of aromatic nitrogens is 1. The average Bonchev–Trinajstić information content (AvgIpc) is 2.29. The predicted molar refractivity (Wildman–Crippen MR) is 69.1 cm³/mol. The minimum Gasteiger partial charge on any atom is -0.396 e. The molecule has 0 aliphatic carbocycles. The molecule has 0 bridgehead atoms. The Labute approximate surface area is 103 Å². The zero-order valence-electron chi connectivity index (χ0n) is 10.8. The SMILES string of the molecule is CC(O)c1cccnc1N(CCCO)C(C)C. The summed E-state index contributed by atoms with van der Waals surface area (Å²) in [5.41, 5.74) is 0.833. The Hall–Kier alpha value is -1.13. The molecule has 0 amide bonds. The molecule has 0 aromatic carbocycles. The standard InChI is InChI=1S/C13H22N2O2/c1-10(2)15(8-5-9-16)13-12(11(3)17)6-4-7-14-13/h4,6-7,10-11,16-17H,5,8-9H2,1-3H3. The molecule has 0 radical (unpaired) electrons. The average molecular weight is 238 g/mol. The summed E-state index contributed by atoms with van der Waals surface area (Å²) in [6, 6.07) is 4.01. The van der Waals surface area contributed by atoms with Crippen molar-refractivity contribution in [1.29, 1.82) is 0 Å². The van der Waals surface area contributed by atoms with Gasteiger partial charge in [-0.25, -0.2) is 4.98 Å². The normalized spacial score (nSPS) is 12.8. The highest BCUT2D eigenvalue weighted by atomic mass is 16.3. The van der Waals surface area contributed by atoms with Gasteiger partial charge in [-0.2, -0.15) is 0 Å². The van der Waals surface area contributed by atoms with Crippen LogP contribution in [0.1, 0.15) is 38.9 Å². The highest BCUT2D eigenvalue weighted by Gasteiger charge is 2.17. The highest BCUT2D eigenvalue weighted by molar-refractivity contribution is 5.48. The molecule has 4 heteroatoms. The monoisotopic (exact) mass is 238 g/mol. The zero-order valence-corrected chi connectivity index (χ0v) is 10.8. The van der Waals surface area contributed by atoms with Gasteiger partial charge in [-0.05, 0) is 33.3 Å². The lowest BCUT2D eigenvalue weighted by Gasteiger charge is -2.30. The van der Waals surface area contributed by atoms with Gasteiger partial charge >= 0.3 is 0 Å². The van der Waals surface area contributed by atoms with E-state index in [1.54, 1.807) is 13.1 Å². The number of hydrogen-bond donors (Lipinski definition) is 2. The highest BCUT2D eigenvalue weighted by Crippen LogP contribution is 2.25. The number of rotatable bonds is 6. The lowest BCUT2D eigenvalue weighted by atomic mass is 10.1. The summed E-state index contributed by atoms with van der Waals surface area (Å²) in [5.74, 6) is 0.811. The van der Waals surface area contributed by atoms with E-state index in [9.17, 15) is 5.11 Å². The van der Waals surface area contributed by atoms with Gasteiger partial charge in [-0.3, -0.25) is 0 Å². The van der Waals surface area contributed by atoms with E-state index in [2.05, 4.69) is 23.7 Å². The van der Waals surface area contributed by atoms with Gasteiger partial charge in [0.15, 0.2) is 0 Å². The fourth-order valence-electron chi connectivity index (χ4n) is 1.83. The first-order valence-corrected chi connectivity index (χ1v) is 6.08. The van der Waals surface area contributed by atoms with Crippen LogP contribution in [0.5, 0.6) is 0 Å². The Bertz CT molecular complexity index is 340. The molecule has 0 saturated heterocycles. The maximum Gasteiger partial charge on any atom is 0.134 e. The van der Waals surface area contributed by atoms with Crippen molar-refractivity contribution in [2.45, 2.75) is 39.3 Å². The van der Waals surface area contributed by atoms with Crippen LogP contribution in [0.3, 0.4) is 0 Å². The molecule has 0 aliphatic heterocycles. The van der Waals surface area contributed by atoms with Crippen molar-refractivity contribution in [2.24, 2.45) is 0 Å². The molecule has 1 aromatic heterocycles. The Morgan fingerprint density at radius 2 is 2.06 bits per heavy atom. The Balaban J connectivity index is 3.00. The van der Waals surface area contributed by atoms with Crippen molar-refractivity contribution in [3.63, 3.8) is 0 Å². The van der Waals surface area contributed by atoms with E-state index in [-0.39, 0.29) is 12.6 Å². The lowest BCUT2D eigenvalue weighted by Crippen LogP contribution is -2.34. The fourth-order valence-corrected chi connectivity index (χ4v) is 1.83. The van der Waals surface area contributed by atoms with E-state index in [1.165, 1.54) is 0 Å². The van der Waals surface area contributed by atoms with Crippen LogP contribution in [-0.2, 0) is 0 Å². The van der Waals surface area contributed by atoms with Crippen LogP contribution in [-0.4, -0.2) is 34.4 Å². The summed E-state index contributed by atoms with van der Waals surface area (Å²) in [6.45, 7) is 6.81. The summed E-state index contributed by atoms with van der Waals surface area (Å²) in [6.07, 6.45) is 1.90. The van der Waals surface area contributed by atoms with Gasteiger partial charge in [-0.1, -0.05) is 6.07 Å². The molecule has 1 unspecified atom stereocenters. The van der Waals surface area contributed by atoms with Crippen LogP contribution in [0.15, 0.2) is 18.3 Å². The topological polar surface area (TPSA) is 56.6 Å². The molecular formula is C13H22N2O2. The minimum atomic E-state index is -0.533. The van der Waals surface area contributed by atoms with Crippen LogP contribution < -0.4 is 4.90 Å². The van der Waals surface area contributed by atoms with E-state index in [4.69, 9.17) is 5.11 Å². The van der Waals surface area contributed by atoms with Crippen molar-refractivity contribution in [2.75, 3.05) is 18.1 Å². The van der Waals surface area contributed by atoms with Crippen molar-refractivity contribution < 1.29 is 10.2 Å². The van der Waals surface area contributed by atoms with Gasteiger partial charge in [-0.15, -0.1) is 0 Å². The second-order valence-corrected chi connectivity index (χ2v) is 4.46. The molecule has 1 rings (SSSR count). The molecular weight excluding hydrogens is 216 g/mol. The molecule has 1 atom stereocenters. The molecule has 2 N–H and O–H groups in total. The number of aliphatic hydroxyl groups is 2. The Morgan fingerprint density at radius 1 is 1.35 bits per heavy atom. The van der Waals surface area contributed by atoms with Gasteiger partial charge in [0.05, 0.1) is 6.10 Å². The van der Waals surface area contributed by atoms with Crippen molar-refractivity contribution in [3.05, 3.63) is 23.9 Å². The van der Waals surface area contributed by atoms with Crippen molar-refractivity contribution >= 4 is 5.82 Å². The van der Waals surface area contributed by atoms with E-state index in [1.807, 2.05) is 12.1 Å². The molecule has 0 fully saturated rings. The molecule has 0 spiro atoms. The second-order valence-electron chi connectivity index (χ2n) is 4.46. The van der Waals surface area contributed by atoms with E-state index in [0.717, 1.165) is 17.9 Å². The summed E-state index contributed by atoms with van der Waals surface area (Å²) in [7, 11) is 0. The summed E-state index contributed by atoms with van der Waals surface area (Å²) < 4.78 is 0. The lowest BCUT2D eigenvalue weighted by molar-refractivity contribution is 0.199. The number of nitrogens with zero attached hydrogens (tertiary/aromatic N) is 2. The first-order valence-electron chi connectivity index (χ1n) is 6.08. The number of aliphatic hydroxyl groups excluding tert-OH is 2. The molecule has 0 aliphatic rings. The molecule has 17 heavy (non-hydrogen) atoms. The summed E-state index contributed by atoms with van der Waals surface area (Å²) >= 11 is 0. The third kappa shape index (κ3) is 3.68. The van der Waals surface area contributed by atoms with Crippen molar-refractivity contribution in [3.8, 4) is 0 Å². The largest absolute Gasteiger partial charge is 0.396 e. The quantitative estimate of drug-likeness (QED) is 0.792. The number of hydrogen-bond acceptors (Lipinski definition) is 4.